The average Bonchev–Trinajstić information content (AvgIpc) is 2.78. The van der Waals surface area contributed by atoms with Gasteiger partial charge in [-0.25, -0.2) is 17.9 Å². The van der Waals surface area contributed by atoms with Crippen LogP contribution in [-0.4, -0.2) is 19.3 Å². The summed E-state index contributed by atoms with van der Waals surface area (Å²) in [6.45, 7) is 0.104. The molecule has 0 aliphatic carbocycles. The number of carbonyl (C=O) groups is 1. The molecule has 31 heavy (non-hydrogen) atoms. The minimum absolute atomic E-state index is 0.0413. The van der Waals surface area contributed by atoms with Crippen molar-refractivity contribution in [2.75, 3.05) is 5.32 Å². The molecule has 0 saturated carbocycles. The second-order valence-corrected chi connectivity index (χ2v) is 8.42. The van der Waals surface area contributed by atoms with E-state index in [1.165, 1.54) is 30.3 Å². The van der Waals surface area contributed by atoms with E-state index in [0.717, 1.165) is 5.56 Å². The molecular weight excluding hydrogens is 418 g/mol. The summed E-state index contributed by atoms with van der Waals surface area (Å²) in [6.07, 6.45) is 3.18. The van der Waals surface area contributed by atoms with E-state index in [-0.39, 0.29) is 17.0 Å². The van der Waals surface area contributed by atoms with Gasteiger partial charge in [-0.2, -0.15) is 0 Å². The fraction of sp³-hybridized carbons (Fsp3) is 0.0455. The van der Waals surface area contributed by atoms with E-state index >= 15 is 0 Å². The zero-order chi connectivity index (χ0) is 21.8. The molecule has 0 unspecified atom stereocenters. The summed E-state index contributed by atoms with van der Waals surface area (Å²) in [5.41, 5.74) is 0.550. The molecule has 8 nitrogen and oxygen atoms in total. The van der Waals surface area contributed by atoms with E-state index in [2.05, 4.69) is 15.0 Å². The number of hydrogen-bond acceptors (Lipinski definition) is 6. The first-order chi connectivity index (χ1) is 14.9. The summed E-state index contributed by atoms with van der Waals surface area (Å²) in [5.74, 6) is -0.648. The lowest BCUT2D eigenvalue weighted by molar-refractivity contribution is 0.102. The van der Waals surface area contributed by atoms with Crippen LogP contribution in [0.1, 0.15) is 15.9 Å². The molecule has 2 heterocycles. The van der Waals surface area contributed by atoms with E-state index in [0.29, 0.717) is 16.7 Å². The van der Waals surface area contributed by atoms with Crippen molar-refractivity contribution in [1.82, 2.24) is 9.71 Å². The Morgan fingerprint density at radius 3 is 2.52 bits per heavy atom. The molecule has 4 aromatic rings. The quantitative estimate of drug-likeness (QED) is 0.450. The standard InChI is InChI=1S/C22H17N3O5S/c26-21(19-12-16-5-1-2-6-20(16)30-22(19)27)25-17-7-9-18(10-8-17)31(28,29)24-14-15-4-3-11-23-13-15/h1-13,24H,14H2,(H,25,26). The van der Waals surface area contributed by atoms with Gasteiger partial charge in [0.1, 0.15) is 11.1 Å². The molecule has 1 amide bonds. The largest absolute Gasteiger partial charge is 0.422 e. The predicted octanol–water partition coefficient (Wildman–Crippen LogP) is 2.92. The van der Waals surface area contributed by atoms with Gasteiger partial charge >= 0.3 is 5.63 Å². The Bertz CT molecular complexity index is 1400. The first kappa shape index (κ1) is 20.5. The van der Waals surface area contributed by atoms with Gasteiger partial charge in [0, 0.05) is 30.0 Å². The normalized spacial score (nSPS) is 11.4. The number of nitrogens with one attached hydrogen (secondary N) is 2. The maximum atomic E-state index is 12.5. The smallest absolute Gasteiger partial charge is 0.349 e. The van der Waals surface area contributed by atoms with Gasteiger partial charge in [-0.3, -0.25) is 9.78 Å². The van der Waals surface area contributed by atoms with Crippen LogP contribution in [0.25, 0.3) is 11.0 Å². The third kappa shape index (κ3) is 4.68. The van der Waals surface area contributed by atoms with Gasteiger partial charge < -0.3 is 9.73 Å². The van der Waals surface area contributed by atoms with Crippen molar-refractivity contribution in [3.05, 3.63) is 101 Å². The molecule has 0 atom stereocenters. The topological polar surface area (TPSA) is 118 Å². The molecule has 0 aliphatic heterocycles. The zero-order valence-electron chi connectivity index (χ0n) is 16.1. The summed E-state index contributed by atoms with van der Waals surface area (Å²) in [7, 11) is -3.74. The van der Waals surface area contributed by atoms with Crippen molar-refractivity contribution in [3.63, 3.8) is 0 Å². The van der Waals surface area contributed by atoms with E-state index in [4.69, 9.17) is 4.42 Å². The van der Waals surface area contributed by atoms with Crippen LogP contribution in [0, 0.1) is 0 Å². The Hall–Kier alpha value is -3.82. The third-order valence-electron chi connectivity index (χ3n) is 4.50. The molecule has 9 heteroatoms. The van der Waals surface area contributed by atoms with E-state index in [1.54, 1.807) is 48.8 Å². The molecule has 2 aromatic heterocycles. The lowest BCUT2D eigenvalue weighted by Crippen LogP contribution is -2.23. The summed E-state index contributed by atoms with van der Waals surface area (Å²) >= 11 is 0. The van der Waals surface area contributed by atoms with Crippen LogP contribution in [0.4, 0.5) is 5.69 Å². The number of aromatic nitrogens is 1. The number of carbonyl (C=O) groups excluding carboxylic acids is 1. The second-order valence-electron chi connectivity index (χ2n) is 6.65. The van der Waals surface area contributed by atoms with Crippen LogP contribution in [-0.2, 0) is 16.6 Å². The highest BCUT2D eigenvalue weighted by molar-refractivity contribution is 7.89. The predicted molar refractivity (Wildman–Crippen MR) is 115 cm³/mol. The van der Waals surface area contributed by atoms with Crippen molar-refractivity contribution in [3.8, 4) is 0 Å². The number of anilines is 1. The van der Waals surface area contributed by atoms with Gasteiger partial charge in [0.25, 0.3) is 5.91 Å². The average molecular weight is 435 g/mol. The minimum Gasteiger partial charge on any atom is -0.422 e. The molecule has 2 aromatic carbocycles. The number of para-hydroxylation sites is 1. The molecule has 0 spiro atoms. The molecule has 0 radical (unpaired) electrons. The van der Waals surface area contributed by atoms with Gasteiger partial charge in [-0.15, -0.1) is 0 Å². The van der Waals surface area contributed by atoms with Crippen LogP contribution in [0.3, 0.4) is 0 Å². The molecule has 0 saturated heterocycles. The van der Waals surface area contributed by atoms with Crippen LogP contribution < -0.4 is 15.7 Å². The van der Waals surface area contributed by atoms with Gasteiger partial charge in [0.2, 0.25) is 10.0 Å². The van der Waals surface area contributed by atoms with E-state index < -0.39 is 21.6 Å². The summed E-state index contributed by atoms with van der Waals surface area (Å²) in [6, 6.07) is 17.4. The molecule has 0 aliphatic rings. The van der Waals surface area contributed by atoms with Crippen LogP contribution in [0.2, 0.25) is 0 Å². The first-order valence-electron chi connectivity index (χ1n) is 9.25. The van der Waals surface area contributed by atoms with Crippen molar-refractivity contribution < 1.29 is 17.6 Å². The van der Waals surface area contributed by atoms with Crippen molar-refractivity contribution >= 4 is 32.6 Å². The Labute approximate surface area is 177 Å². The highest BCUT2D eigenvalue weighted by Gasteiger charge is 2.16. The number of fused-ring (bicyclic) bond motifs is 1. The van der Waals surface area contributed by atoms with Crippen molar-refractivity contribution in [2.24, 2.45) is 0 Å². The summed E-state index contributed by atoms with van der Waals surface area (Å²) < 4.78 is 32.6. The lowest BCUT2D eigenvalue weighted by Gasteiger charge is -2.09. The van der Waals surface area contributed by atoms with Crippen LogP contribution >= 0.6 is 0 Å². The second kappa shape index (κ2) is 8.50. The number of amides is 1. The number of benzene rings is 2. The Kier molecular flexibility index (Phi) is 5.61. The van der Waals surface area contributed by atoms with Gasteiger partial charge in [0.15, 0.2) is 0 Å². The number of rotatable bonds is 6. The van der Waals surface area contributed by atoms with Crippen molar-refractivity contribution in [1.29, 1.82) is 0 Å². The van der Waals surface area contributed by atoms with Gasteiger partial charge in [-0.1, -0.05) is 24.3 Å². The fourth-order valence-corrected chi connectivity index (χ4v) is 3.92. The molecular formula is C22H17N3O5S. The lowest BCUT2D eigenvalue weighted by atomic mass is 10.1. The van der Waals surface area contributed by atoms with Gasteiger partial charge in [0.05, 0.1) is 4.90 Å². The number of sulfonamides is 1. The maximum absolute atomic E-state index is 12.5. The Morgan fingerprint density at radius 2 is 1.77 bits per heavy atom. The Morgan fingerprint density at radius 1 is 1.00 bits per heavy atom. The number of pyridine rings is 1. The van der Waals surface area contributed by atoms with Crippen molar-refractivity contribution in [2.45, 2.75) is 11.4 Å². The highest BCUT2D eigenvalue weighted by Crippen LogP contribution is 2.17. The van der Waals surface area contributed by atoms with E-state index in [1.807, 2.05) is 0 Å². The SMILES string of the molecule is O=C(Nc1ccc(S(=O)(=O)NCc2cccnc2)cc1)c1cc2ccccc2oc1=O. The molecule has 0 bridgehead atoms. The minimum atomic E-state index is -3.74. The third-order valence-corrected chi connectivity index (χ3v) is 5.91. The fourth-order valence-electron chi connectivity index (χ4n) is 2.90. The number of nitrogens with zero attached hydrogens (tertiary/aromatic N) is 1. The Balaban J connectivity index is 1.47. The molecule has 4 rings (SSSR count). The van der Waals surface area contributed by atoms with Crippen LogP contribution in [0.5, 0.6) is 0 Å². The summed E-state index contributed by atoms with van der Waals surface area (Å²) in [5, 5.41) is 3.20. The highest BCUT2D eigenvalue weighted by atomic mass is 32.2. The van der Waals surface area contributed by atoms with Gasteiger partial charge in [-0.05, 0) is 48.0 Å². The first-order valence-corrected chi connectivity index (χ1v) is 10.7. The monoisotopic (exact) mass is 435 g/mol. The number of hydrogen-bond donors (Lipinski definition) is 2. The summed E-state index contributed by atoms with van der Waals surface area (Å²) in [4.78, 5) is 28.6. The molecule has 2 N–H and O–H groups in total. The maximum Gasteiger partial charge on any atom is 0.349 e. The molecule has 0 fully saturated rings. The zero-order valence-corrected chi connectivity index (χ0v) is 16.9. The molecule has 156 valence electrons. The van der Waals surface area contributed by atoms with E-state index in [9.17, 15) is 18.0 Å². The van der Waals surface area contributed by atoms with Crippen LogP contribution in [0.15, 0.2) is 93.2 Å².